The minimum absolute atomic E-state index is 0.204. The summed E-state index contributed by atoms with van der Waals surface area (Å²) in [6.45, 7) is 6.23. The molecule has 1 unspecified atom stereocenters. The van der Waals surface area contributed by atoms with Gasteiger partial charge < -0.3 is 20.3 Å². The molecule has 0 aromatic carbocycles. The number of nitrogens with zero attached hydrogens (tertiary/aromatic N) is 1. The van der Waals surface area contributed by atoms with Crippen molar-refractivity contribution in [3.05, 3.63) is 0 Å². The van der Waals surface area contributed by atoms with Crippen LogP contribution in [0.25, 0.3) is 0 Å². The van der Waals surface area contributed by atoms with Crippen molar-refractivity contribution >= 4 is 5.91 Å². The van der Waals surface area contributed by atoms with Gasteiger partial charge in [0.1, 0.15) is 0 Å². The van der Waals surface area contributed by atoms with Crippen LogP contribution in [0.2, 0.25) is 0 Å². The Bertz CT molecular complexity index is 267. The first kappa shape index (κ1) is 13.8. The first-order valence-corrected chi connectivity index (χ1v) is 7.00. The van der Waals surface area contributed by atoms with E-state index in [0.29, 0.717) is 5.92 Å². The van der Waals surface area contributed by atoms with Gasteiger partial charge in [-0.1, -0.05) is 0 Å². The lowest BCUT2D eigenvalue weighted by molar-refractivity contribution is -0.126. The number of nitrogens with one attached hydrogen (secondary N) is 2. The number of hydrogen-bond acceptors (Lipinski definition) is 4. The third-order valence-electron chi connectivity index (χ3n) is 3.82. The van der Waals surface area contributed by atoms with Crippen molar-refractivity contribution in [1.29, 1.82) is 0 Å². The largest absolute Gasteiger partial charge is 0.380 e. The lowest BCUT2D eigenvalue weighted by atomic mass is 9.97. The lowest BCUT2D eigenvalue weighted by Gasteiger charge is -2.24. The fraction of sp³-hybridized carbons (Fsp3) is 0.923. The minimum Gasteiger partial charge on any atom is -0.380 e. The Morgan fingerprint density at radius 2 is 2.22 bits per heavy atom. The molecule has 2 aliphatic rings. The molecule has 2 fully saturated rings. The van der Waals surface area contributed by atoms with E-state index in [1.807, 2.05) is 0 Å². The van der Waals surface area contributed by atoms with Crippen LogP contribution in [0.1, 0.15) is 12.8 Å². The van der Waals surface area contributed by atoms with E-state index in [2.05, 4.69) is 22.6 Å². The van der Waals surface area contributed by atoms with E-state index in [1.54, 1.807) is 0 Å². The standard InChI is InChI=1S/C13H25N3O2/c1-16-6-7-18-10-11(9-16)8-15-13(17)12-2-4-14-5-3-12/h11-12,14H,2-10H2,1H3,(H,15,17). The number of hydrogen-bond donors (Lipinski definition) is 2. The van der Waals surface area contributed by atoms with Crippen LogP contribution in [0.4, 0.5) is 0 Å². The zero-order chi connectivity index (χ0) is 12.8. The quantitative estimate of drug-likeness (QED) is 0.726. The van der Waals surface area contributed by atoms with Crippen LogP contribution < -0.4 is 10.6 Å². The number of likely N-dealkylation sites (N-methyl/N-ethyl adjacent to an activating group) is 1. The molecule has 0 saturated carbocycles. The van der Waals surface area contributed by atoms with Crippen LogP contribution in [-0.4, -0.2) is 63.8 Å². The van der Waals surface area contributed by atoms with Gasteiger partial charge in [-0.3, -0.25) is 4.79 Å². The molecule has 1 atom stereocenters. The Labute approximate surface area is 109 Å². The first-order chi connectivity index (χ1) is 8.75. The van der Waals surface area contributed by atoms with E-state index in [9.17, 15) is 4.79 Å². The van der Waals surface area contributed by atoms with Crippen LogP contribution in [0.3, 0.4) is 0 Å². The maximum Gasteiger partial charge on any atom is 0.223 e. The average molecular weight is 255 g/mol. The number of rotatable bonds is 3. The fourth-order valence-corrected chi connectivity index (χ4v) is 2.65. The first-order valence-electron chi connectivity index (χ1n) is 7.00. The smallest absolute Gasteiger partial charge is 0.223 e. The maximum absolute atomic E-state index is 12.0. The maximum atomic E-state index is 12.0. The predicted octanol–water partition coefficient (Wildman–Crippen LogP) is -0.320. The van der Waals surface area contributed by atoms with Crippen molar-refractivity contribution in [2.24, 2.45) is 11.8 Å². The second-order valence-electron chi connectivity index (χ2n) is 5.47. The van der Waals surface area contributed by atoms with E-state index in [-0.39, 0.29) is 11.8 Å². The molecule has 2 saturated heterocycles. The normalized spacial score (nSPS) is 27.7. The van der Waals surface area contributed by atoms with E-state index in [1.165, 1.54) is 0 Å². The van der Waals surface area contributed by atoms with Gasteiger partial charge in [-0.2, -0.15) is 0 Å². The molecule has 0 radical (unpaired) electrons. The van der Waals surface area contributed by atoms with Crippen molar-refractivity contribution in [3.63, 3.8) is 0 Å². The van der Waals surface area contributed by atoms with Crippen molar-refractivity contribution in [2.75, 3.05) is 53.0 Å². The molecule has 0 spiro atoms. The van der Waals surface area contributed by atoms with Crippen LogP contribution in [0.15, 0.2) is 0 Å². The van der Waals surface area contributed by atoms with E-state index in [4.69, 9.17) is 4.74 Å². The molecule has 0 aromatic heterocycles. The molecule has 5 heteroatoms. The molecule has 104 valence electrons. The number of ether oxygens (including phenoxy) is 1. The second kappa shape index (κ2) is 7.07. The van der Waals surface area contributed by atoms with Crippen LogP contribution in [-0.2, 0) is 9.53 Å². The molecule has 5 nitrogen and oxygen atoms in total. The van der Waals surface area contributed by atoms with Gasteiger partial charge in [0, 0.05) is 31.5 Å². The summed E-state index contributed by atoms with van der Waals surface area (Å²) in [7, 11) is 2.11. The molecule has 18 heavy (non-hydrogen) atoms. The molecule has 2 N–H and O–H groups in total. The van der Waals surface area contributed by atoms with Crippen molar-refractivity contribution < 1.29 is 9.53 Å². The lowest BCUT2D eigenvalue weighted by Crippen LogP contribution is -2.41. The molecule has 0 bridgehead atoms. The minimum atomic E-state index is 0.204. The average Bonchev–Trinajstić information content (AvgIpc) is 2.61. The number of piperidine rings is 1. The third kappa shape index (κ3) is 4.23. The zero-order valence-electron chi connectivity index (χ0n) is 11.3. The molecule has 1 amide bonds. The second-order valence-corrected chi connectivity index (χ2v) is 5.47. The van der Waals surface area contributed by atoms with Gasteiger partial charge in [0.25, 0.3) is 0 Å². The van der Waals surface area contributed by atoms with Gasteiger partial charge in [-0.15, -0.1) is 0 Å². The Balaban J connectivity index is 1.70. The summed E-state index contributed by atoms with van der Waals surface area (Å²) in [5.74, 6) is 0.849. The highest BCUT2D eigenvalue weighted by Gasteiger charge is 2.22. The SMILES string of the molecule is CN1CCOCC(CNC(=O)C2CCNCC2)C1. The van der Waals surface area contributed by atoms with Gasteiger partial charge in [-0.25, -0.2) is 0 Å². The topological polar surface area (TPSA) is 53.6 Å². The van der Waals surface area contributed by atoms with E-state index in [0.717, 1.165) is 58.8 Å². The van der Waals surface area contributed by atoms with Crippen LogP contribution >= 0.6 is 0 Å². The number of carbonyl (C=O) groups excluding carboxylic acids is 1. The Morgan fingerprint density at radius 1 is 1.44 bits per heavy atom. The van der Waals surface area contributed by atoms with Crippen LogP contribution in [0, 0.1) is 11.8 Å². The van der Waals surface area contributed by atoms with E-state index >= 15 is 0 Å². The van der Waals surface area contributed by atoms with Crippen LogP contribution in [0.5, 0.6) is 0 Å². The van der Waals surface area contributed by atoms with Gasteiger partial charge in [0.2, 0.25) is 5.91 Å². The van der Waals surface area contributed by atoms with Crippen molar-refractivity contribution in [1.82, 2.24) is 15.5 Å². The van der Waals surface area contributed by atoms with E-state index < -0.39 is 0 Å². The molecule has 0 aliphatic carbocycles. The summed E-state index contributed by atoms with van der Waals surface area (Å²) < 4.78 is 5.55. The zero-order valence-corrected chi connectivity index (χ0v) is 11.3. The fourth-order valence-electron chi connectivity index (χ4n) is 2.65. The number of amides is 1. The summed E-state index contributed by atoms with van der Waals surface area (Å²) >= 11 is 0. The molecular formula is C13H25N3O2. The van der Waals surface area contributed by atoms with Crippen molar-refractivity contribution in [2.45, 2.75) is 12.8 Å². The van der Waals surface area contributed by atoms with Gasteiger partial charge >= 0.3 is 0 Å². The molecule has 2 rings (SSSR count). The molecule has 2 heterocycles. The van der Waals surface area contributed by atoms with Gasteiger partial charge in [0.05, 0.1) is 13.2 Å². The van der Waals surface area contributed by atoms with Gasteiger partial charge in [-0.05, 0) is 33.0 Å². The van der Waals surface area contributed by atoms with Gasteiger partial charge in [0.15, 0.2) is 0 Å². The molecule has 0 aromatic rings. The Hall–Kier alpha value is -0.650. The summed E-state index contributed by atoms with van der Waals surface area (Å²) in [6, 6.07) is 0. The Kier molecular flexibility index (Phi) is 5.41. The predicted molar refractivity (Wildman–Crippen MR) is 70.4 cm³/mol. The summed E-state index contributed by atoms with van der Waals surface area (Å²) in [5, 5.41) is 6.38. The third-order valence-corrected chi connectivity index (χ3v) is 3.82. The highest BCUT2D eigenvalue weighted by molar-refractivity contribution is 5.78. The molecule has 2 aliphatic heterocycles. The Morgan fingerprint density at radius 3 is 3.00 bits per heavy atom. The summed E-state index contributed by atoms with van der Waals surface area (Å²) in [6.07, 6.45) is 1.93. The number of carbonyl (C=O) groups is 1. The van der Waals surface area contributed by atoms with Crippen molar-refractivity contribution in [3.8, 4) is 0 Å². The summed E-state index contributed by atoms with van der Waals surface area (Å²) in [4.78, 5) is 14.3. The monoisotopic (exact) mass is 255 g/mol. The molecular weight excluding hydrogens is 230 g/mol. The summed E-state index contributed by atoms with van der Waals surface area (Å²) in [5.41, 5.74) is 0. The highest BCUT2D eigenvalue weighted by Crippen LogP contribution is 2.12. The highest BCUT2D eigenvalue weighted by atomic mass is 16.5.